The van der Waals surface area contributed by atoms with Crippen LogP contribution in [0.1, 0.15) is 18.9 Å². The summed E-state index contributed by atoms with van der Waals surface area (Å²) in [6.45, 7) is 1.69. The zero-order valence-corrected chi connectivity index (χ0v) is 12.0. The van der Waals surface area contributed by atoms with E-state index in [0.29, 0.717) is 0 Å². The van der Waals surface area contributed by atoms with Gasteiger partial charge in [-0.25, -0.2) is 5.10 Å². The van der Waals surface area contributed by atoms with Gasteiger partial charge in [0.05, 0.1) is 38.6 Å². The summed E-state index contributed by atoms with van der Waals surface area (Å²) in [6, 6.07) is -0.526. The molecule has 0 aliphatic heterocycles. The number of rotatable bonds is 7. The molecule has 2 N–H and O–H groups in total. The molecule has 1 unspecified atom stereocenters. The number of hydrogen-bond acceptors (Lipinski definition) is 6. The minimum absolute atomic E-state index is 0.0427. The standard InChI is InChI=1S/C12H16F3N3O4/c1-7(6-22-4-3-9(19)21-2)17-8-5-16-18-11(20)10(8)12(13,14)15/h5,7H,3-4,6H2,1-2H3,(H2,17,18,20). The fourth-order valence-corrected chi connectivity index (χ4v) is 1.61. The number of aromatic nitrogens is 2. The number of hydrogen-bond donors (Lipinski definition) is 2. The molecule has 0 radical (unpaired) electrons. The minimum Gasteiger partial charge on any atom is -0.469 e. The Kier molecular flexibility index (Phi) is 6.35. The summed E-state index contributed by atoms with van der Waals surface area (Å²) in [5, 5.41) is 7.60. The van der Waals surface area contributed by atoms with Crippen molar-refractivity contribution < 1.29 is 27.4 Å². The number of nitrogens with one attached hydrogen (secondary N) is 2. The molecular formula is C12H16F3N3O4. The van der Waals surface area contributed by atoms with Crippen LogP contribution >= 0.6 is 0 Å². The Labute approximate surface area is 123 Å². The van der Waals surface area contributed by atoms with Gasteiger partial charge in [-0.1, -0.05) is 0 Å². The molecule has 1 atom stereocenters. The van der Waals surface area contributed by atoms with Crippen LogP contribution < -0.4 is 10.9 Å². The van der Waals surface area contributed by atoms with Crippen LogP contribution in [0.2, 0.25) is 0 Å². The number of alkyl halides is 3. The van der Waals surface area contributed by atoms with Crippen molar-refractivity contribution in [3.05, 3.63) is 22.1 Å². The number of aromatic amines is 1. The Hall–Kier alpha value is -2.10. The molecule has 7 nitrogen and oxygen atoms in total. The van der Waals surface area contributed by atoms with Gasteiger partial charge in [-0.15, -0.1) is 0 Å². The summed E-state index contributed by atoms with van der Waals surface area (Å²) in [7, 11) is 1.24. The van der Waals surface area contributed by atoms with Crippen molar-refractivity contribution >= 4 is 11.7 Å². The lowest BCUT2D eigenvalue weighted by molar-refractivity contribution is -0.142. The van der Waals surface area contributed by atoms with E-state index in [2.05, 4.69) is 15.2 Å². The van der Waals surface area contributed by atoms with Crippen molar-refractivity contribution in [2.75, 3.05) is 25.6 Å². The summed E-state index contributed by atoms with van der Waals surface area (Å²) in [6.07, 6.45) is -3.87. The highest BCUT2D eigenvalue weighted by molar-refractivity contribution is 5.69. The normalized spacial score (nSPS) is 12.8. The number of methoxy groups -OCH3 is 1. The predicted molar refractivity (Wildman–Crippen MR) is 70.4 cm³/mol. The van der Waals surface area contributed by atoms with Crippen LogP contribution in [0.25, 0.3) is 0 Å². The average molecular weight is 323 g/mol. The molecule has 1 aromatic rings. The first-order chi connectivity index (χ1) is 10.3. The van der Waals surface area contributed by atoms with Crippen LogP contribution in [0.15, 0.2) is 11.0 Å². The number of carbonyl (C=O) groups is 1. The monoisotopic (exact) mass is 323 g/mol. The van der Waals surface area contributed by atoms with Gasteiger partial charge in [0.1, 0.15) is 5.56 Å². The van der Waals surface area contributed by atoms with Gasteiger partial charge >= 0.3 is 12.1 Å². The number of anilines is 1. The van der Waals surface area contributed by atoms with Gasteiger partial charge in [-0.3, -0.25) is 9.59 Å². The molecule has 0 amide bonds. The molecule has 0 aliphatic rings. The lowest BCUT2D eigenvalue weighted by Crippen LogP contribution is -2.29. The third-order valence-electron chi connectivity index (χ3n) is 2.59. The Balaban J connectivity index is 2.62. The molecule has 0 aliphatic carbocycles. The zero-order valence-electron chi connectivity index (χ0n) is 12.0. The highest BCUT2D eigenvalue weighted by atomic mass is 19.4. The van der Waals surface area contributed by atoms with Crippen molar-refractivity contribution in [3.8, 4) is 0 Å². The summed E-state index contributed by atoms with van der Waals surface area (Å²) in [5.41, 5.74) is -3.10. The van der Waals surface area contributed by atoms with Crippen LogP contribution in [0.4, 0.5) is 18.9 Å². The minimum atomic E-state index is -4.80. The van der Waals surface area contributed by atoms with Gasteiger partial charge in [-0.2, -0.15) is 18.3 Å². The van der Waals surface area contributed by atoms with E-state index in [-0.39, 0.29) is 19.6 Å². The number of nitrogens with zero attached hydrogens (tertiary/aromatic N) is 1. The van der Waals surface area contributed by atoms with Crippen molar-refractivity contribution in [1.82, 2.24) is 10.2 Å². The molecule has 1 heterocycles. The molecule has 124 valence electrons. The van der Waals surface area contributed by atoms with Gasteiger partial charge < -0.3 is 14.8 Å². The van der Waals surface area contributed by atoms with Gasteiger partial charge in [0.15, 0.2) is 0 Å². The maximum absolute atomic E-state index is 12.8. The maximum Gasteiger partial charge on any atom is 0.423 e. The summed E-state index contributed by atoms with van der Waals surface area (Å²) < 4.78 is 48.0. The quantitative estimate of drug-likeness (QED) is 0.578. The number of ether oxygens (including phenoxy) is 2. The van der Waals surface area contributed by atoms with E-state index in [1.54, 1.807) is 12.0 Å². The van der Waals surface area contributed by atoms with E-state index in [0.717, 1.165) is 6.20 Å². The highest BCUT2D eigenvalue weighted by Gasteiger charge is 2.37. The number of H-pyrrole nitrogens is 1. The van der Waals surface area contributed by atoms with E-state index >= 15 is 0 Å². The molecule has 0 saturated carbocycles. The largest absolute Gasteiger partial charge is 0.469 e. The first-order valence-electron chi connectivity index (χ1n) is 6.31. The topological polar surface area (TPSA) is 93.3 Å². The van der Waals surface area contributed by atoms with Crippen LogP contribution in [0, 0.1) is 0 Å². The Morgan fingerprint density at radius 2 is 2.18 bits per heavy atom. The molecule has 0 aromatic carbocycles. The predicted octanol–water partition coefficient (Wildman–Crippen LogP) is 1.17. The molecule has 10 heteroatoms. The average Bonchev–Trinajstić information content (AvgIpc) is 2.41. The lowest BCUT2D eigenvalue weighted by Gasteiger charge is -2.18. The van der Waals surface area contributed by atoms with Crippen molar-refractivity contribution in [2.24, 2.45) is 0 Å². The second-order valence-corrected chi connectivity index (χ2v) is 4.43. The zero-order chi connectivity index (χ0) is 16.8. The third-order valence-corrected chi connectivity index (χ3v) is 2.59. The summed E-state index contributed by atoms with van der Waals surface area (Å²) in [4.78, 5) is 22.1. The van der Waals surface area contributed by atoms with Gasteiger partial charge in [-0.05, 0) is 6.92 Å². The fraction of sp³-hybridized carbons (Fsp3) is 0.583. The Morgan fingerprint density at radius 3 is 2.77 bits per heavy atom. The fourth-order valence-electron chi connectivity index (χ4n) is 1.61. The maximum atomic E-state index is 12.8. The highest BCUT2D eigenvalue weighted by Crippen LogP contribution is 2.31. The van der Waals surface area contributed by atoms with Crippen molar-refractivity contribution in [2.45, 2.75) is 25.6 Å². The first kappa shape index (κ1) is 18.0. The summed E-state index contributed by atoms with van der Waals surface area (Å²) in [5.74, 6) is -0.446. The molecule has 0 spiro atoms. The van der Waals surface area contributed by atoms with Crippen molar-refractivity contribution in [3.63, 3.8) is 0 Å². The second kappa shape index (κ2) is 7.78. The van der Waals surface area contributed by atoms with E-state index in [4.69, 9.17) is 4.74 Å². The van der Waals surface area contributed by atoms with Crippen LogP contribution in [-0.2, 0) is 20.4 Å². The molecule has 0 bridgehead atoms. The first-order valence-corrected chi connectivity index (χ1v) is 6.31. The SMILES string of the molecule is COC(=O)CCOCC(C)Nc1cn[nH]c(=O)c1C(F)(F)F. The molecular weight excluding hydrogens is 307 g/mol. The number of esters is 1. The Morgan fingerprint density at radius 1 is 1.50 bits per heavy atom. The Bertz CT molecular complexity index is 559. The molecule has 22 heavy (non-hydrogen) atoms. The molecule has 1 aromatic heterocycles. The lowest BCUT2D eigenvalue weighted by atomic mass is 10.2. The molecule has 0 saturated heterocycles. The third kappa shape index (κ3) is 5.35. The number of halogens is 3. The summed E-state index contributed by atoms with van der Waals surface area (Å²) >= 11 is 0. The van der Waals surface area contributed by atoms with E-state index in [1.807, 2.05) is 0 Å². The van der Waals surface area contributed by atoms with Gasteiger partial charge in [0, 0.05) is 6.04 Å². The van der Waals surface area contributed by atoms with Gasteiger partial charge in [0.25, 0.3) is 5.56 Å². The van der Waals surface area contributed by atoms with Crippen molar-refractivity contribution in [1.29, 1.82) is 0 Å². The van der Waals surface area contributed by atoms with Crippen LogP contribution in [0.5, 0.6) is 0 Å². The smallest absolute Gasteiger partial charge is 0.423 e. The van der Waals surface area contributed by atoms with E-state index in [1.165, 1.54) is 7.11 Å². The van der Waals surface area contributed by atoms with Crippen LogP contribution in [-0.4, -0.2) is 42.5 Å². The van der Waals surface area contributed by atoms with Crippen LogP contribution in [0.3, 0.4) is 0 Å². The number of carbonyl (C=O) groups excluding carboxylic acids is 1. The molecule has 0 fully saturated rings. The van der Waals surface area contributed by atoms with Gasteiger partial charge in [0.2, 0.25) is 0 Å². The second-order valence-electron chi connectivity index (χ2n) is 4.43. The van der Waals surface area contributed by atoms with E-state index < -0.39 is 35.0 Å². The molecule has 1 rings (SSSR count). The van der Waals surface area contributed by atoms with E-state index in [9.17, 15) is 22.8 Å².